The summed E-state index contributed by atoms with van der Waals surface area (Å²) in [5.41, 5.74) is 5.62. The van der Waals surface area contributed by atoms with E-state index in [1.165, 1.54) is 16.4 Å². The summed E-state index contributed by atoms with van der Waals surface area (Å²) in [7, 11) is 3.67. The highest BCUT2D eigenvalue weighted by atomic mass is 19.4. The van der Waals surface area contributed by atoms with Gasteiger partial charge in [0.15, 0.2) is 11.5 Å². The van der Waals surface area contributed by atoms with E-state index in [2.05, 4.69) is 93.3 Å². The molecule has 5 atom stereocenters. The molecule has 1 saturated carbocycles. The highest BCUT2D eigenvalue weighted by Gasteiger charge is 2.59. The van der Waals surface area contributed by atoms with Gasteiger partial charge in [-0.05, 0) is 112 Å². The Bertz CT molecular complexity index is 2550. The van der Waals surface area contributed by atoms with Gasteiger partial charge in [-0.3, -0.25) is 23.7 Å². The minimum absolute atomic E-state index is 0.0115. The number of hydrogen-bond donors (Lipinski definition) is 2. The summed E-state index contributed by atoms with van der Waals surface area (Å²) in [6.45, 7) is 28.7. The van der Waals surface area contributed by atoms with Crippen molar-refractivity contribution in [2.24, 2.45) is 24.3 Å². The average molecular weight is 1090 g/mol. The smallest absolute Gasteiger partial charge is 0.373 e. The van der Waals surface area contributed by atoms with Crippen LogP contribution in [0.3, 0.4) is 0 Å². The van der Waals surface area contributed by atoms with Crippen molar-refractivity contribution >= 4 is 34.7 Å². The van der Waals surface area contributed by atoms with Crippen LogP contribution in [0.5, 0.6) is 0 Å². The molecule has 2 aromatic heterocycles. The summed E-state index contributed by atoms with van der Waals surface area (Å²) in [5, 5.41) is 13.4. The number of likely N-dealkylation sites (N-methyl/N-ethyl adjacent to an activating group) is 1. The zero-order valence-electron chi connectivity index (χ0n) is 49.9. The maximum absolute atomic E-state index is 13.9. The molecule has 1 aliphatic rings. The highest BCUT2D eigenvalue weighted by molar-refractivity contribution is 5.91. The Morgan fingerprint density at radius 3 is 2.14 bits per heavy atom. The number of hydrogen-bond acceptors (Lipinski definition) is 7. The van der Waals surface area contributed by atoms with E-state index in [4.69, 9.17) is 0 Å². The van der Waals surface area contributed by atoms with E-state index in [0.717, 1.165) is 66.1 Å². The van der Waals surface area contributed by atoms with Gasteiger partial charge in [-0.15, -0.1) is 0 Å². The first-order valence-corrected chi connectivity index (χ1v) is 28.2. The maximum atomic E-state index is 13.9. The predicted molar refractivity (Wildman–Crippen MR) is 311 cm³/mol. The summed E-state index contributed by atoms with van der Waals surface area (Å²) in [6.07, 6.45) is 17.2. The van der Waals surface area contributed by atoms with E-state index in [1.807, 2.05) is 64.7 Å². The van der Waals surface area contributed by atoms with E-state index in [0.29, 0.717) is 54.4 Å². The summed E-state index contributed by atoms with van der Waals surface area (Å²) < 4.78 is 70.1. The quantitative estimate of drug-likeness (QED) is 0.0404. The molecule has 2 N–H and O–H groups in total. The summed E-state index contributed by atoms with van der Waals surface area (Å²) in [5.74, 6) is 0.406. The third-order valence-corrected chi connectivity index (χ3v) is 14.1. The number of benzene rings is 1. The van der Waals surface area contributed by atoms with Crippen LogP contribution >= 0.6 is 0 Å². The number of nitrogens with zero attached hydrogens (tertiary/aromatic N) is 5. The second-order valence-electron chi connectivity index (χ2n) is 21.4. The first kappa shape index (κ1) is 68.2. The number of Topliss-reactive ketones (excluding diaryl/α,β-unsaturated/α-hetero) is 2. The molecular formula is C63H94F5N7O3. The Morgan fingerprint density at radius 2 is 1.60 bits per heavy atom. The summed E-state index contributed by atoms with van der Waals surface area (Å²) in [6, 6.07) is 9.78. The van der Waals surface area contributed by atoms with Crippen molar-refractivity contribution in [1.82, 2.24) is 35.1 Å². The van der Waals surface area contributed by atoms with Gasteiger partial charge in [-0.1, -0.05) is 143 Å². The first-order valence-electron chi connectivity index (χ1n) is 28.2. The van der Waals surface area contributed by atoms with Crippen LogP contribution in [0.2, 0.25) is 0 Å². The molecular weight excluding hydrogens is 998 g/mol. The number of ketones is 2. The second-order valence-corrected chi connectivity index (χ2v) is 21.4. The minimum Gasteiger partial charge on any atom is -0.373 e. The van der Waals surface area contributed by atoms with Crippen molar-refractivity contribution in [3.8, 4) is 0 Å². The first-order chi connectivity index (χ1) is 36.7. The fourth-order valence-corrected chi connectivity index (χ4v) is 9.39. The largest absolute Gasteiger partial charge is 0.435 e. The lowest BCUT2D eigenvalue weighted by molar-refractivity contribution is -0.141. The normalized spacial score (nSPS) is 17.4. The molecule has 4 rings (SSSR count). The molecule has 0 saturated heterocycles. The highest BCUT2D eigenvalue weighted by Crippen LogP contribution is 2.63. The van der Waals surface area contributed by atoms with Gasteiger partial charge in [0.1, 0.15) is 5.78 Å². The van der Waals surface area contributed by atoms with Crippen LogP contribution in [0.15, 0.2) is 91.0 Å². The van der Waals surface area contributed by atoms with E-state index in [9.17, 15) is 36.3 Å². The van der Waals surface area contributed by atoms with Gasteiger partial charge >= 0.3 is 12.7 Å². The van der Waals surface area contributed by atoms with Gasteiger partial charge in [0.05, 0.1) is 30.0 Å². The van der Waals surface area contributed by atoms with Crippen molar-refractivity contribution in [1.29, 1.82) is 0 Å². The fraction of sp³-hybridized carbons (Fsp3) is 0.571. The number of carbonyl (C=O) groups is 3. The second kappa shape index (κ2) is 32.3. The van der Waals surface area contributed by atoms with Crippen LogP contribution in [0.25, 0.3) is 17.2 Å². The van der Waals surface area contributed by atoms with Gasteiger partial charge in [0, 0.05) is 73.4 Å². The average Bonchev–Trinajstić information content (AvgIpc) is 3.76. The van der Waals surface area contributed by atoms with E-state index in [1.54, 1.807) is 57.1 Å². The number of allylic oxidation sites excluding steroid dienone is 8. The number of halogens is 5. The number of aryl methyl sites for hydroxylation is 1. The molecule has 78 heavy (non-hydrogen) atoms. The number of rotatable bonds is 29. The Hall–Kier alpha value is -5.86. The van der Waals surface area contributed by atoms with Crippen LogP contribution in [0.4, 0.5) is 22.0 Å². The van der Waals surface area contributed by atoms with Crippen LogP contribution in [0, 0.1) is 17.3 Å². The van der Waals surface area contributed by atoms with Crippen molar-refractivity contribution in [3.63, 3.8) is 0 Å². The van der Waals surface area contributed by atoms with Crippen molar-refractivity contribution in [2.45, 2.75) is 198 Å². The lowest BCUT2D eigenvalue weighted by Gasteiger charge is -2.29. The van der Waals surface area contributed by atoms with Crippen LogP contribution in [0.1, 0.15) is 207 Å². The maximum Gasteiger partial charge on any atom is 0.435 e. The van der Waals surface area contributed by atoms with Crippen molar-refractivity contribution in [2.75, 3.05) is 13.6 Å². The van der Waals surface area contributed by atoms with Crippen molar-refractivity contribution < 1.29 is 36.3 Å². The summed E-state index contributed by atoms with van der Waals surface area (Å²) in [4.78, 5) is 40.2. The number of amides is 1. The van der Waals surface area contributed by atoms with Gasteiger partial charge < -0.3 is 15.5 Å². The molecule has 0 aliphatic heterocycles. The fourth-order valence-electron chi connectivity index (χ4n) is 9.39. The van der Waals surface area contributed by atoms with Gasteiger partial charge in [-0.25, -0.2) is 0 Å². The van der Waals surface area contributed by atoms with E-state index < -0.39 is 29.9 Å². The predicted octanol–water partition coefficient (Wildman–Crippen LogP) is 16.1. The Morgan fingerprint density at radius 1 is 0.949 bits per heavy atom. The van der Waals surface area contributed by atoms with Gasteiger partial charge in [0.25, 0.3) is 0 Å². The third kappa shape index (κ3) is 20.7. The minimum atomic E-state index is -4.71. The molecule has 15 heteroatoms. The van der Waals surface area contributed by atoms with Crippen LogP contribution in [-0.4, -0.2) is 67.6 Å². The molecule has 5 unspecified atom stereocenters. The molecule has 0 radical (unpaired) electrons. The van der Waals surface area contributed by atoms with Crippen LogP contribution in [-0.2, 0) is 34.2 Å². The van der Waals surface area contributed by atoms with Gasteiger partial charge in [0.2, 0.25) is 5.91 Å². The molecule has 1 amide bonds. The Balaban J connectivity index is 0.000000539. The lowest BCUT2D eigenvalue weighted by Crippen LogP contribution is -2.48. The SMILES string of the molecule is C=C/C(=C\c1cn(C)nc1C(C)CC)c1ccc(C2CC2(CCC)C(=O)C(C)CC)cc1.CC.CC/C=C/C(=C\NC(F)F)CC(C)C(=O)NC(C)(C)Cn1nc(C(F)(F)F)cc1C(/C=C(\C)CC)=C/N(C)CC(=O)CCC. The Kier molecular flexibility index (Phi) is 28.2. The molecule has 434 valence electrons. The van der Waals surface area contributed by atoms with Crippen LogP contribution < -0.4 is 10.6 Å². The summed E-state index contributed by atoms with van der Waals surface area (Å²) >= 11 is 0. The van der Waals surface area contributed by atoms with E-state index >= 15 is 0 Å². The molecule has 3 aromatic rings. The number of nitrogens with one attached hydrogen (secondary N) is 2. The Labute approximate surface area is 464 Å². The molecule has 1 fully saturated rings. The lowest BCUT2D eigenvalue weighted by atomic mass is 9.83. The standard InChI is InChI=1S/C32H48F5N5O2.C29H40N2O.C2H6/c1-9-12-14-24(18-38-30(33)34)16-23(5)29(44)39-31(6,7)21-42-27(17-28(40-42)32(35,36)37)25(15-22(4)11-3)19-41(8)20-26(43)13-10-2;1-8-16-29(28(32)21(6)10-3)18-26(29)24-14-12-23(13-15-24)22(11-4)17-25-19-31(7)30-27(25)20(5)9-2;1-2/h12,14-15,17-19,23,30,38H,9-11,13,16,20-21H2,1-8H3,(H,39,44);11-15,17,19-21,26H,4,8-10,16,18H2,1-3,5-7H3;1-2H3/b14-12+,22-15+,24-18+,25-19+;22-17+;. The topological polar surface area (TPSA) is 114 Å². The molecule has 2 heterocycles. The van der Waals surface area contributed by atoms with E-state index in [-0.39, 0.29) is 48.2 Å². The van der Waals surface area contributed by atoms with Gasteiger partial charge in [-0.2, -0.15) is 32.1 Å². The number of alkyl halides is 5. The number of carbonyl (C=O) groups excluding carboxylic acids is 3. The monoisotopic (exact) mass is 1090 g/mol. The molecule has 1 aromatic carbocycles. The molecule has 0 bridgehead atoms. The third-order valence-electron chi connectivity index (χ3n) is 14.1. The molecule has 0 spiro atoms. The molecule has 1 aliphatic carbocycles. The number of aromatic nitrogens is 4. The van der Waals surface area contributed by atoms with Crippen molar-refractivity contribution in [3.05, 3.63) is 125 Å². The zero-order chi connectivity index (χ0) is 59.1. The molecule has 10 nitrogen and oxygen atoms in total. The zero-order valence-corrected chi connectivity index (χ0v) is 49.9.